The Kier molecular flexibility index (Phi) is 5.09. The topological polar surface area (TPSA) is 79.8 Å². The van der Waals surface area contributed by atoms with Gasteiger partial charge in [0.05, 0.1) is 22.6 Å². The van der Waals surface area contributed by atoms with E-state index in [-0.39, 0.29) is 22.0 Å². The van der Waals surface area contributed by atoms with Crippen LogP contribution in [0.5, 0.6) is 0 Å². The van der Waals surface area contributed by atoms with Gasteiger partial charge in [-0.15, -0.1) is 0 Å². The van der Waals surface area contributed by atoms with Crippen molar-refractivity contribution >= 4 is 17.7 Å². The molecule has 0 spiro atoms. The van der Waals surface area contributed by atoms with Crippen LogP contribution < -0.4 is 5.73 Å². The first-order valence-electron chi connectivity index (χ1n) is 6.41. The van der Waals surface area contributed by atoms with E-state index in [2.05, 4.69) is 4.98 Å². The fourth-order valence-electron chi connectivity index (χ4n) is 1.87. The van der Waals surface area contributed by atoms with Gasteiger partial charge in [0.2, 0.25) is 5.91 Å². The molecule has 2 aromatic rings. The second-order valence-corrected chi connectivity index (χ2v) is 5.57. The number of primary amides is 1. The lowest BCUT2D eigenvalue weighted by Crippen LogP contribution is -2.14. The zero-order chi connectivity index (χ0) is 17.9. The summed E-state index contributed by atoms with van der Waals surface area (Å²) in [7, 11) is 0. The lowest BCUT2D eigenvalue weighted by Gasteiger charge is -2.14. The Morgan fingerprint density at radius 3 is 2.42 bits per heavy atom. The summed E-state index contributed by atoms with van der Waals surface area (Å²) >= 11 is 0.640. The van der Waals surface area contributed by atoms with Crippen molar-refractivity contribution in [2.75, 3.05) is 5.75 Å². The first-order chi connectivity index (χ1) is 11.2. The van der Waals surface area contributed by atoms with Crippen LogP contribution in [0.25, 0.3) is 11.3 Å². The number of aromatic nitrogens is 1. The molecule has 1 heterocycles. The van der Waals surface area contributed by atoms with Gasteiger partial charge in [-0.3, -0.25) is 4.79 Å². The summed E-state index contributed by atoms with van der Waals surface area (Å²) in [4.78, 5) is 14.9. The minimum Gasteiger partial charge on any atom is -0.369 e. The highest BCUT2D eigenvalue weighted by Crippen LogP contribution is 2.37. The Morgan fingerprint density at radius 1 is 1.29 bits per heavy atom. The number of halogens is 4. The summed E-state index contributed by atoms with van der Waals surface area (Å²) in [6.07, 6.45) is -4.79. The molecule has 0 unspecified atom stereocenters. The van der Waals surface area contributed by atoms with Crippen LogP contribution in [0.3, 0.4) is 0 Å². The van der Waals surface area contributed by atoms with Crippen molar-refractivity contribution in [1.82, 2.24) is 4.98 Å². The number of benzene rings is 1. The maximum absolute atomic E-state index is 13.2. The van der Waals surface area contributed by atoms with E-state index in [1.807, 2.05) is 0 Å². The summed E-state index contributed by atoms with van der Waals surface area (Å²) in [5.74, 6) is -1.63. The van der Waals surface area contributed by atoms with Crippen molar-refractivity contribution in [3.05, 3.63) is 47.3 Å². The number of carbonyl (C=O) groups excluding carboxylic acids is 1. The molecule has 0 saturated heterocycles. The molecule has 1 aromatic carbocycles. The standard InChI is InChI=1S/C15H9F4N3OS/c16-9-3-1-8(2-4-9)12-5-11(15(17,18)19)10(6-20)14(22-12)24-7-13(21)23/h1-5H,7H2,(H2,21,23). The van der Waals surface area contributed by atoms with Gasteiger partial charge in [0.25, 0.3) is 0 Å². The van der Waals surface area contributed by atoms with E-state index in [9.17, 15) is 22.4 Å². The van der Waals surface area contributed by atoms with E-state index in [0.717, 1.165) is 18.2 Å². The number of nitrogens with two attached hydrogens (primary N) is 1. The molecule has 0 aliphatic carbocycles. The molecule has 0 aliphatic rings. The van der Waals surface area contributed by atoms with Crippen LogP contribution in [0, 0.1) is 17.1 Å². The minimum atomic E-state index is -4.79. The maximum Gasteiger partial charge on any atom is 0.417 e. The number of thioether (sulfide) groups is 1. The molecule has 0 atom stereocenters. The number of alkyl halides is 3. The second-order valence-electron chi connectivity index (χ2n) is 4.61. The SMILES string of the molecule is N#Cc1c(C(F)(F)F)cc(-c2ccc(F)cc2)nc1SCC(N)=O. The van der Waals surface area contributed by atoms with Crippen molar-refractivity contribution in [2.24, 2.45) is 5.73 Å². The highest BCUT2D eigenvalue weighted by molar-refractivity contribution is 8.00. The Labute approximate surface area is 138 Å². The third-order valence-corrected chi connectivity index (χ3v) is 3.89. The van der Waals surface area contributed by atoms with E-state index in [0.29, 0.717) is 11.8 Å². The average molecular weight is 355 g/mol. The molecular formula is C15H9F4N3OS. The minimum absolute atomic E-state index is 0.0895. The predicted molar refractivity (Wildman–Crippen MR) is 79.3 cm³/mol. The van der Waals surface area contributed by atoms with Gasteiger partial charge in [0.1, 0.15) is 16.9 Å². The molecule has 0 bridgehead atoms. The van der Waals surface area contributed by atoms with Gasteiger partial charge in [-0.2, -0.15) is 18.4 Å². The number of hydrogen-bond donors (Lipinski definition) is 1. The summed E-state index contributed by atoms with van der Waals surface area (Å²) in [5.41, 5.74) is 3.28. The molecule has 0 radical (unpaired) electrons. The van der Waals surface area contributed by atoms with Crippen molar-refractivity contribution in [1.29, 1.82) is 5.26 Å². The first kappa shape index (κ1) is 17.7. The second kappa shape index (κ2) is 6.88. The summed E-state index contributed by atoms with van der Waals surface area (Å²) < 4.78 is 52.7. The normalized spacial score (nSPS) is 11.1. The van der Waals surface area contributed by atoms with Crippen LogP contribution in [0.1, 0.15) is 11.1 Å². The molecule has 0 fully saturated rings. The molecule has 0 saturated carbocycles. The highest BCUT2D eigenvalue weighted by Gasteiger charge is 2.36. The van der Waals surface area contributed by atoms with Gasteiger partial charge in [-0.25, -0.2) is 9.37 Å². The zero-order valence-electron chi connectivity index (χ0n) is 11.9. The lowest BCUT2D eigenvalue weighted by atomic mass is 10.1. The Hall–Kier alpha value is -2.60. The van der Waals surface area contributed by atoms with Crippen LogP contribution in [0.2, 0.25) is 0 Å². The zero-order valence-corrected chi connectivity index (χ0v) is 12.7. The van der Waals surface area contributed by atoms with Crippen LogP contribution in [0.15, 0.2) is 35.4 Å². The molecule has 124 valence electrons. The molecule has 4 nitrogen and oxygen atoms in total. The number of hydrogen-bond acceptors (Lipinski definition) is 4. The van der Waals surface area contributed by atoms with Gasteiger partial charge in [0.15, 0.2) is 0 Å². The molecule has 2 N–H and O–H groups in total. The number of carbonyl (C=O) groups is 1. The van der Waals surface area contributed by atoms with Crippen LogP contribution >= 0.6 is 11.8 Å². The average Bonchev–Trinajstić information content (AvgIpc) is 2.51. The van der Waals surface area contributed by atoms with E-state index in [4.69, 9.17) is 11.0 Å². The third-order valence-electron chi connectivity index (χ3n) is 2.89. The molecule has 1 amide bonds. The first-order valence-corrected chi connectivity index (χ1v) is 7.40. The fourth-order valence-corrected chi connectivity index (χ4v) is 2.61. The molecule has 2 rings (SSSR count). The predicted octanol–water partition coefficient (Wildman–Crippen LogP) is 3.36. The smallest absolute Gasteiger partial charge is 0.369 e. The number of amides is 1. The van der Waals surface area contributed by atoms with Crippen molar-refractivity contribution in [2.45, 2.75) is 11.2 Å². The largest absolute Gasteiger partial charge is 0.417 e. The summed E-state index contributed by atoms with van der Waals surface area (Å²) in [6, 6.07) is 6.89. The maximum atomic E-state index is 13.2. The van der Waals surface area contributed by atoms with Crippen molar-refractivity contribution in [3.8, 4) is 17.3 Å². The van der Waals surface area contributed by atoms with Crippen molar-refractivity contribution in [3.63, 3.8) is 0 Å². The lowest BCUT2D eigenvalue weighted by molar-refractivity contribution is -0.138. The van der Waals surface area contributed by atoms with Crippen LogP contribution in [-0.2, 0) is 11.0 Å². The van der Waals surface area contributed by atoms with Gasteiger partial charge in [-0.05, 0) is 30.3 Å². The number of pyridine rings is 1. The van der Waals surface area contributed by atoms with Gasteiger partial charge in [-0.1, -0.05) is 11.8 Å². The van der Waals surface area contributed by atoms with Gasteiger partial charge in [0, 0.05) is 5.56 Å². The molecule has 0 aliphatic heterocycles. The Balaban J connectivity index is 2.64. The Bertz CT molecular complexity index is 813. The number of rotatable bonds is 4. The molecule has 24 heavy (non-hydrogen) atoms. The van der Waals surface area contributed by atoms with E-state index in [1.165, 1.54) is 18.2 Å². The molecular weight excluding hydrogens is 346 g/mol. The van der Waals surface area contributed by atoms with Crippen LogP contribution in [-0.4, -0.2) is 16.6 Å². The highest BCUT2D eigenvalue weighted by atomic mass is 32.2. The van der Waals surface area contributed by atoms with E-state index < -0.39 is 29.0 Å². The summed E-state index contributed by atoms with van der Waals surface area (Å²) in [5, 5.41) is 8.80. The van der Waals surface area contributed by atoms with Crippen molar-refractivity contribution < 1.29 is 22.4 Å². The van der Waals surface area contributed by atoms with Crippen LogP contribution in [0.4, 0.5) is 17.6 Å². The summed E-state index contributed by atoms with van der Waals surface area (Å²) in [6.45, 7) is 0. The van der Waals surface area contributed by atoms with Gasteiger partial charge >= 0.3 is 6.18 Å². The number of nitriles is 1. The van der Waals surface area contributed by atoms with E-state index >= 15 is 0 Å². The molecule has 1 aromatic heterocycles. The van der Waals surface area contributed by atoms with E-state index in [1.54, 1.807) is 0 Å². The fraction of sp³-hybridized carbons (Fsp3) is 0.133. The quantitative estimate of drug-likeness (QED) is 0.674. The third kappa shape index (κ3) is 4.02. The monoisotopic (exact) mass is 355 g/mol. The number of nitrogens with zero attached hydrogens (tertiary/aromatic N) is 2. The molecule has 9 heteroatoms. The Morgan fingerprint density at radius 2 is 1.92 bits per heavy atom. The van der Waals surface area contributed by atoms with Gasteiger partial charge < -0.3 is 5.73 Å².